The van der Waals surface area contributed by atoms with Crippen LogP contribution in [0.15, 0.2) is 36.7 Å². The monoisotopic (exact) mass is 299 g/mol. The van der Waals surface area contributed by atoms with Gasteiger partial charge in [0.2, 0.25) is 5.95 Å². The molecule has 2 N–H and O–H groups in total. The number of nitrogens with zero attached hydrogens (tertiary/aromatic N) is 3. The van der Waals surface area contributed by atoms with Crippen molar-refractivity contribution >= 4 is 23.2 Å². The van der Waals surface area contributed by atoms with E-state index in [2.05, 4.69) is 20.6 Å². The van der Waals surface area contributed by atoms with Gasteiger partial charge in [0, 0.05) is 44.4 Å². The average molecular weight is 299 g/mol. The first kappa shape index (κ1) is 15.8. The Morgan fingerprint density at radius 1 is 1.14 bits per heavy atom. The molecule has 0 aliphatic heterocycles. The van der Waals surface area contributed by atoms with Crippen molar-refractivity contribution in [2.45, 2.75) is 13.3 Å². The molecule has 0 aliphatic rings. The van der Waals surface area contributed by atoms with Gasteiger partial charge < -0.3 is 15.5 Å². The molecule has 2 rings (SSSR count). The Morgan fingerprint density at radius 3 is 2.32 bits per heavy atom. The molecule has 22 heavy (non-hydrogen) atoms. The third-order valence-corrected chi connectivity index (χ3v) is 3.09. The van der Waals surface area contributed by atoms with Crippen molar-refractivity contribution in [3.8, 4) is 0 Å². The third-order valence-electron chi connectivity index (χ3n) is 3.09. The number of hydrogen-bond donors (Lipinski definition) is 2. The summed E-state index contributed by atoms with van der Waals surface area (Å²) in [5.74, 6) is 0.313. The summed E-state index contributed by atoms with van der Waals surface area (Å²) in [6.45, 7) is 2.66. The van der Waals surface area contributed by atoms with Gasteiger partial charge >= 0.3 is 0 Å². The van der Waals surface area contributed by atoms with E-state index in [1.807, 2.05) is 50.2 Å². The van der Waals surface area contributed by atoms with Crippen LogP contribution in [0.5, 0.6) is 0 Å². The van der Waals surface area contributed by atoms with E-state index in [0.717, 1.165) is 17.8 Å². The van der Waals surface area contributed by atoms with Gasteiger partial charge in [-0.25, -0.2) is 9.97 Å². The number of rotatable bonds is 6. The van der Waals surface area contributed by atoms with Gasteiger partial charge in [0.1, 0.15) is 0 Å². The van der Waals surface area contributed by atoms with Crippen LogP contribution in [0.2, 0.25) is 0 Å². The highest BCUT2D eigenvalue weighted by atomic mass is 16.1. The molecule has 116 valence electrons. The second-order valence-electron chi connectivity index (χ2n) is 5.12. The normalized spacial score (nSPS) is 10.1. The molecule has 0 atom stereocenters. The van der Waals surface area contributed by atoms with E-state index in [4.69, 9.17) is 0 Å². The number of anilines is 3. The zero-order valence-corrected chi connectivity index (χ0v) is 13.1. The van der Waals surface area contributed by atoms with Crippen LogP contribution in [0.1, 0.15) is 23.7 Å². The first-order valence-electron chi connectivity index (χ1n) is 7.25. The van der Waals surface area contributed by atoms with E-state index in [1.54, 1.807) is 0 Å². The molecule has 0 saturated carbocycles. The van der Waals surface area contributed by atoms with Crippen molar-refractivity contribution in [3.63, 3.8) is 0 Å². The highest BCUT2D eigenvalue weighted by Gasteiger charge is 2.06. The Balaban J connectivity index is 2.00. The number of nitrogens with one attached hydrogen (secondary N) is 2. The van der Waals surface area contributed by atoms with Gasteiger partial charge in [0.15, 0.2) is 0 Å². The van der Waals surface area contributed by atoms with Crippen LogP contribution < -0.4 is 15.5 Å². The van der Waals surface area contributed by atoms with E-state index in [1.165, 1.54) is 12.4 Å². The lowest BCUT2D eigenvalue weighted by molar-refractivity contribution is 0.0953. The largest absolute Gasteiger partial charge is 0.378 e. The molecule has 0 bridgehead atoms. The fraction of sp³-hybridized carbons (Fsp3) is 0.312. The van der Waals surface area contributed by atoms with Crippen molar-refractivity contribution in [1.82, 2.24) is 15.3 Å². The number of carbonyl (C=O) groups excluding carboxylic acids is 1. The van der Waals surface area contributed by atoms with Gasteiger partial charge in [-0.05, 0) is 30.7 Å². The predicted octanol–water partition coefficient (Wildman–Crippen LogP) is 2.43. The second-order valence-corrected chi connectivity index (χ2v) is 5.12. The van der Waals surface area contributed by atoms with Crippen LogP contribution in [0.3, 0.4) is 0 Å². The first-order chi connectivity index (χ1) is 10.6. The zero-order chi connectivity index (χ0) is 15.9. The summed E-state index contributed by atoms with van der Waals surface area (Å²) < 4.78 is 0. The Bertz CT molecular complexity index is 607. The smallest absolute Gasteiger partial charge is 0.254 e. The molecule has 0 aliphatic carbocycles. The lowest BCUT2D eigenvalue weighted by Gasteiger charge is -2.13. The van der Waals surface area contributed by atoms with Crippen molar-refractivity contribution in [2.24, 2.45) is 0 Å². The summed E-state index contributed by atoms with van der Waals surface area (Å²) in [5, 5.41) is 5.90. The van der Waals surface area contributed by atoms with E-state index < -0.39 is 0 Å². The van der Waals surface area contributed by atoms with E-state index >= 15 is 0 Å². The van der Waals surface area contributed by atoms with Gasteiger partial charge in [-0.1, -0.05) is 6.92 Å². The van der Waals surface area contributed by atoms with Crippen LogP contribution in [-0.4, -0.2) is 36.5 Å². The van der Waals surface area contributed by atoms with Gasteiger partial charge in [0.05, 0.1) is 5.56 Å². The predicted molar refractivity (Wildman–Crippen MR) is 88.7 cm³/mol. The van der Waals surface area contributed by atoms with Crippen LogP contribution >= 0.6 is 0 Å². The molecule has 0 unspecified atom stereocenters. The van der Waals surface area contributed by atoms with Crippen LogP contribution in [-0.2, 0) is 0 Å². The number of carbonyl (C=O) groups is 1. The molecule has 0 radical (unpaired) electrons. The summed E-state index contributed by atoms with van der Waals surface area (Å²) in [5.41, 5.74) is 2.48. The van der Waals surface area contributed by atoms with Crippen LogP contribution in [0.25, 0.3) is 0 Å². The number of hydrogen-bond acceptors (Lipinski definition) is 5. The summed E-state index contributed by atoms with van der Waals surface area (Å²) in [6, 6.07) is 7.94. The van der Waals surface area contributed by atoms with Crippen LogP contribution in [0.4, 0.5) is 17.3 Å². The fourth-order valence-corrected chi connectivity index (χ4v) is 1.82. The van der Waals surface area contributed by atoms with Crippen molar-refractivity contribution < 1.29 is 4.79 Å². The maximum Gasteiger partial charge on any atom is 0.254 e. The minimum absolute atomic E-state index is 0.149. The highest BCUT2D eigenvalue weighted by molar-refractivity contribution is 5.93. The lowest BCUT2D eigenvalue weighted by atomic mass is 10.2. The van der Waals surface area contributed by atoms with Crippen molar-refractivity contribution in [2.75, 3.05) is 30.9 Å². The van der Waals surface area contributed by atoms with Gasteiger partial charge in [-0.2, -0.15) is 0 Å². The molecular formula is C16H21N5O. The summed E-state index contributed by atoms with van der Waals surface area (Å²) >= 11 is 0. The molecule has 6 heteroatoms. The van der Waals surface area contributed by atoms with Crippen molar-refractivity contribution in [3.05, 3.63) is 42.2 Å². The topological polar surface area (TPSA) is 70.2 Å². The average Bonchev–Trinajstić information content (AvgIpc) is 2.54. The molecule has 0 spiro atoms. The Kier molecular flexibility index (Phi) is 5.30. The second kappa shape index (κ2) is 7.40. The summed E-state index contributed by atoms with van der Waals surface area (Å²) in [6.07, 6.45) is 3.94. The third kappa shape index (κ3) is 4.18. The number of amides is 1. The molecule has 1 aromatic heterocycles. The molecule has 0 saturated heterocycles. The van der Waals surface area contributed by atoms with Gasteiger partial charge in [-0.3, -0.25) is 4.79 Å². The lowest BCUT2D eigenvalue weighted by Crippen LogP contribution is -2.24. The molecule has 0 fully saturated rings. The zero-order valence-electron chi connectivity index (χ0n) is 13.1. The Morgan fingerprint density at radius 2 is 1.77 bits per heavy atom. The number of benzene rings is 1. The Labute approximate surface area is 130 Å². The van der Waals surface area contributed by atoms with Gasteiger partial charge in [0.25, 0.3) is 5.91 Å². The minimum Gasteiger partial charge on any atom is -0.378 e. The summed E-state index contributed by atoms with van der Waals surface area (Å²) in [7, 11) is 3.99. The SMILES string of the molecule is CCCNC(=O)c1cnc(Nc2ccc(N(C)C)cc2)nc1. The highest BCUT2D eigenvalue weighted by Crippen LogP contribution is 2.17. The quantitative estimate of drug-likeness (QED) is 0.857. The fourth-order valence-electron chi connectivity index (χ4n) is 1.82. The molecular weight excluding hydrogens is 278 g/mol. The standard InChI is InChI=1S/C16H21N5O/c1-4-9-17-15(22)12-10-18-16(19-11-12)20-13-5-7-14(8-6-13)21(2)3/h5-8,10-11H,4,9H2,1-3H3,(H,17,22)(H,18,19,20). The molecule has 1 aromatic carbocycles. The number of aromatic nitrogens is 2. The van der Waals surface area contributed by atoms with Gasteiger partial charge in [-0.15, -0.1) is 0 Å². The molecule has 6 nitrogen and oxygen atoms in total. The van der Waals surface area contributed by atoms with E-state index in [-0.39, 0.29) is 5.91 Å². The summed E-state index contributed by atoms with van der Waals surface area (Å²) in [4.78, 5) is 22.1. The molecule has 1 heterocycles. The van der Waals surface area contributed by atoms with Crippen LogP contribution in [0, 0.1) is 0 Å². The van der Waals surface area contributed by atoms with E-state index in [0.29, 0.717) is 18.1 Å². The maximum absolute atomic E-state index is 11.8. The van der Waals surface area contributed by atoms with Crippen molar-refractivity contribution in [1.29, 1.82) is 0 Å². The minimum atomic E-state index is -0.149. The Hall–Kier alpha value is -2.63. The van der Waals surface area contributed by atoms with E-state index in [9.17, 15) is 4.79 Å². The maximum atomic E-state index is 11.8. The molecule has 1 amide bonds. The molecule has 2 aromatic rings. The first-order valence-corrected chi connectivity index (χ1v) is 7.25.